The molecule has 0 bridgehead atoms. The van der Waals surface area contributed by atoms with Gasteiger partial charge in [0.15, 0.2) is 0 Å². The first-order valence-electron chi connectivity index (χ1n) is 8.38. The van der Waals surface area contributed by atoms with Crippen molar-refractivity contribution < 1.29 is 19.4 Å². The van der Waals surface area contributed by atoms with Crippen LogP contribution in [0.3, 0.4) is 0 Å². The van der Waals surface area contributed by atoms with Crippen LogP contribution in [-0.4, -0.2) is 30.5 Å². The van der Waals surface area contributed by atoms with Gasteiger partial charge in [-0.05, 0) is 38.1 Å². The molecule has 0 saturated heterocycles. The minimum absolute atomic E-state index is 0.169. The fourth-order valence-electron chi connectivity index (χ4n) is 2.09. The van der Waals surface area contributed by atoms with E-state index in [0.29, 0.717) is 11.4 Å². The monoisotopic (exact) mass is 386 g/mol. The molecule has 0 aliphatic heterocycles. The molecule has 0 saturated carbocycles. The van der Waals surface area contributed by atoms with Gasteiger partial charge in [0.25, 0.3) is 0 Å². The Hall–Kier alpha value is -2.80. The normalized spacial score (nSPS) is 12.0. The van der Waals surface area contributed by atoms with Gasteiger partial charge in [-0.2, -0.15) is 0 Å². The Labute approximate surface area is 162 Å². The number of thioether (sulfide) groups is 1. The van der Waals surface area contributed by atoms with Gasteiger partial charge in [0.2, 0.25) is 5.70 Å². The van der Waals surface area contributed by atoms with Crippen LogP contribution in [-0.2, 0) is 9.53 Å². The van der Waals surface area contributed by atoms with Crippen molar-refractivity contribution in [1.29, 1.82) is 0 Å². The third kappa shape index (κ3) is 6.14. The van der Waals surface area contributed by atoms with E-state index in [1.807, 2.05) is 31.2 Å². The molecule has 0 atom stereocenters. The number of carbonyl (C=O) groups excluding carboxylic acids is 1. The number of para-hydroxylation sites is 1. The Balaban J connectivity index is 2.23. The molecule has 0 aliphatic carbocycles. The quantitative estimate of drug-likeness (QED) is 0.221. The van der Waals surface area contributed by atoms with Gasteiger partial charge in [-0.3, -0.25) is 0 Å². The molecule has 2 aromatic carbocycles. The molecule has 2 aromatic rings. The van der Waals surface area contributed by atoms with Crippen LogP contribution >= 0.6 is 11.8 Å². The number of ether oxygens (including phenoxy) is 2. The second-order valence-corrected chi connectivity index (χ2v) is 6.54. The first-order chi connectivity index (χ1) is 13.0. The Bertz CT molecular complexity index is 832. The largest absolute Gasteiger partial charge is 0.509 e. The van der Waals surface area contributed by atoms with Crippen molar-refractivity contribution in [2.45, 2.75) is 18.7 Å². The summed E-state index contributed by atoms with van der Waals surface area (Å²) < 4.78 is 10.2. The molecule has 2 rings (SSSR count). The number of carbonyl (C=O) groups is 1. The molecule has 0 amide bonds. The van der Waals surface area contributed by atoms with Crippen LogP contribution in [0.5, 0.6) is 5.75 Å². The standard InChI is InChI=1S/C20H22N2O4S/c1-4-26-20(24)19(22-21-16-7-5-6-8-18(16)25-3)17(23)13-27-15-11-9-14(2)10-12-15/h5-12,23H,4,13H2,1-3H3/b19-17-,22-21?. The predicted octanol–water partition coefficient (Wildman–Crippen LogP) is 5.21. The number of hydrogen-bond donors (Lipinski definition) is 1. The fraction of sp³-hybridized carbons (Fsp3) is 0.250. The van der Waals surface area contributed by atoms with Gasteiger partial charge in [0.05, 0.1) is 19.5 Å². The number of aryl methyl sites for hydroxylation is 1. The summed E-state index contributed by atoms with van der Waals surface area (Å²) in [6.07, 6.45) is 0. The van der Waals surface area contributed by atoms with Crippen LogP contribution in [0.4, 0.5) is 5.69 Å². The van der Waals surface area contributed by atoms with Gasteiger partial charge in [0.1, 0.15) is 17.2 Å². The lowest BCUT2D eigenvalue weighted by atomic mass is 10.2. The Morgan fingerprint density at radius 1 is 1.15 bits per heavy atom. The lowest BCUT2D eigenvalue weighted by Gasteiger charge is -2.07. The molecule has 0 aliphatic rings. The number of azo groups is 1. The molecule has 0 aromatic heterocycles. The lowest BCUT2D eigenvalue weighted by Crippen LogP contribution is -2.09. The summed E-state index contributed by atoms with van der Waals surface area (Å²) in [6.45, 7) is 3.86. The number of nitrogens with zero attached hydrogens (tertiary/aromatic N) is 2. The van der Waals surface area contributed by atoms with Crippen molar-refractivity contribution in [1.82, 2.24) is 0 Å². The highest BCUT2D eigenvalue weighted by Gasteiger charge is 2.17. The number of aliphatic hydroxyl groups is 1. The molecule has 0 radical (unpaired) electrons. The van der Waals surface area contributed by atoms with Crippen molar-refractivity contribution in [3.63, 3.8) is 0 Å². The van der Waals surface area contributed by atoms with E-state index in [4.69, 9.17) is 9.47 Å². The highest BCUT2D eigenvalue weighted by atomic mass is 32.2. The fourth-order valence-corrected chi connectivity index (χ4v) is 2.86. The van der Waals surface area contributed by atoms with E-state index in [1.165, 1.54) is 18.9 Å². The number of rotatable bonds is 8. The smallest absolute Gasteiger partial charge is 0.362 e. The summed E-state index contributed by atoms with van der Waals surface area (Å²) in [5.74, 6) is -0.240. The molecule has 0 fully saturated rings. The van der Waals surface area contributed by atoms with Gasteiger partial charge in [-0.25, -0.2) is 4.79 Å². The van der Waals surface area contributed by atoms with Gasteiger partial charge in [0, 0.05) is 4.90 Å². The number of esters is 1. The van der Waals surface area contributed by atoms with Gasteiger partial charge in [-0.1, -0.05) is 29.8 Å². The van der Waals surface area contributed by atoms with Crippen molar-refractivity contribution in [2.75, 3.05) is 19.5 Å². The second-order valence-electron chi connectivity index (χ2n) is 5.49. The highest BCUT2D eigenvalue weighted by Crippen LogP contribution is 2.28. The third-order valence-corrected chi connectivity index (χ3v) is 4.50. The van der Waals surface area contributed by atoms with Crippen LogP contribution in [0.2, 0.25) is 0 Å². The first-order valence-corrected chi connectivity index (χ1v) is 9.37. The van der Waals surface area contributed by atoms with Crippen LogP contribution in [0.25, 0.3) is 0 Å². The molecule has 6 nitrogen and oxygen atoms in total. The summed E-state index contributed by atoms with van der Waals surface area (Å²) >= 11 is 1.39. The van der Waals surface area contributed by atoms with Crippen LogP contribution < -0.4 is 4.74 Å². The number of aliphatic hydroxyl groups excluding tert-OH is 1. The van der Waals surface area contributed by atoms with Crippen LogP contribution in [0, 0.1) is 6.92 Å². The summed E-state index contributed by atoms with van der Waals surface area (Å²) in [4.78, 5) is 13.2. The van der Waals surface area contributed by atoms with E-state index in [2.05, 4.69) is 10.2 Å². The first kappa shape index (κ1) is 20.5. The molecule has 7 heteroatoms. The maximum absolute atomic E-state index is 12.2. The van der Waals surface area contributed by atoms with E-state index in [9.17, 15) is 9.90 Å². The van der Waals surface area contributed by atoms with Crippen molar-refractivity contribution >= 4 is 23.4 Å². The highest BCUT2D eigenvalue weighted by molar-refractivity contribution is 7.99. The van der Waals surface area contributed by atoms with Gasteiger partial charge >= 0.3 is 5.97 Å². The molecular formula is C20H22N2O4S. The van der Waals surface area contributed by atoms with E-state index in [1.54, 1.807) is 31.2 Å². The number of benzene rings is 2. The van der Waals surface area contributed by atoms with Crippen LogP contribution in [0.1, 0.15) is 12.5 Å². The Morgan fingerprint density at radius 3 is 2.52 bits per heavy atom. The Morgan fingerprint density at radius 2 is 1.85 bits per heavy atom. The van der Waals surface area contributed by atoms with Crippen molar-refractivity contribution in [3.05, 3.63) is 65.6 Å². The Kier molecular flexibility index (Phi) is 7.88. The number of methoxy groups -OCH3 is 1. The van der Waals surface area contributed by atoms with E-state index in [0.717, 1.165) is 10.5 Å². The van der Waals surface area contributed by atoms with E-state index in [-0.39, 0.29) is 23.8 Å². The average molecular weight is 386 g/mol. The molecule has 0 spiro atoms. The average Bonchev–Trinajstić information content (AvgIpc) is 2.68. The zero-order valence-electron chi connectivity index (χ0n) is 15.5. The summed E-state index contributed by atoms with van der Waals surface area (Å²) in [6, 6.07) is 14.9. The topological polar surface area (TPSA) is 80.5 Å². The van der Waals surface area contributed by atoms with Crippen molar-refractivity contribution in [2.24, 2.45) is 10.2 Å². The summed E-state index contributed by atoms with van der Waals surface area (Å²) in [7, 11) is 1.52. The minimum Gasteiger partial charge on any atom is -0.509 e. The third-order valence-electron chi connectivity index (χ3n) is 3.48. The molecular weight excluding hydrogens is 364 g/mol. The maximum Gasteiger partial charge on any atom is 0.362 e. The van der Waals surface area contributed by atoms with Gasteiger partial charge < -0.3 is 14.6 Å². The second kappa shape index (κ2) is 10.4. The zero-order chi connectivity index (χ0) is 19.6. The zero-order valence-corrected chi connectivity index (χ0v) is 16.3. The minimum atomic E-state index is -0.724. The van der Waals surface area contributed by atoms with Gasteiger partial charge in [-0.15, -0.1) is 22.0 Å². The summed E-state index contributed by atoms with van der Waals surface area (Å²) in [5.41, 5.74) is 1.38. The SMILES string of the molecule is CCOC(=O)/C(N=Nc1ccccc1OC)=C(/O)CSc1ccc(C)cc1. The predicted molar refractivity (Wildman–Crippen MR) is 106 cm³/mol. The van der Waals surface area contributed by atoms with E-state index >= 15 is 0 Å². The molecule has 0 unspecified atom stereocenters. The number of hydrogen-bond acceptors (Lipinski definition) is 7. The molecule has 142 valence electrons. The van der Waals surface area contributed by atoms with Crippen LogP contribution in [0.15, 0.2) is 75.1 Å². The lowest BCUT2D eigenvalue weighted by molar-refractivity contribution is -0.138. The summed E-state index contributed by atoms with van der Waals surface area (Å²) in [5, 5.41) is 18.4. The maximum atomic E-state index is 12.2. The molecule has 27 heavy (non-hydrogen) atoms. The van der Waals surface area contributed by atoms with Crippen molar-refractivity contribution in [3.8, 4) is 5.75 Å². The molecule has 0 heterocycles. The molecule has 1 N–H and O–H groups in total. The van der Waals surface area contributed by atoms with E-state index < -0.39 is 5.97 Å².